The van der Waals surface area contributed by atoms with Gasteiger partial charge in [0.2, 0.25) is 0 Å². The number of morpholine rings is 3. The van der Waals surface area contributed by atoms with Crippen LogP contribution in [0.4, 0.5) is 17.5 Å². The molecule has 16 nitrogen and oxygen atoms in total. The highest BCUT2D eigenvalue weighted by Gasteiger charge is 2.20. The maximum atomic E-state index is 12.5. The van der Waals surface area contributed by atoms with Crippen LogP contribution in [0.25, 0.3) is 22.3 Å². The Morgan fingerprint density at radius 2 is 0.906 bits per heavy atom. The summed E-state index contributed by atoms with van der Waals surface area (Å²) in [5.74, 6) is 1.25. The maximum Gasteiger partial charge on any atom is 0.337 e. The molecule has 6 heterocycles. The van der Waals surface area contributed by atoms with Crippen molar-refractivity contribution in [2.45, 2.75) is 13.8 Å². The van der Waals surface area contributed by atoms with Crippen molar-refractivity contribution >= 4 is 45.3 Å². The van der Waals surface area contributed by atoms with Crippen molar-refractivity contribution in [1.29, 1.82) is 0 Å². The van der Waals surface area contributed by atoms with E-state index < -0.39 is 11.9 Å². The third-order valence-electron chi connectivity index (χ3n) is 11.4. The van der Waals surface area contributed by atoms with Crippen molar-refractivity contribution in [1.82, 2.24) is 13.7 Å². The van der Waals surface area contributed by atoms with Crippen molar-refractivity contribution < 1.29 is 33.6 Å². The van der Waals surface area contributed by atoms with Gasteiger partial charge < -0.3 is 38.8 Å². The highest BCUT2D eigenvalue weighted by molar-refractivity contribution is 9.10. The van der Waals surface area contributed by atoms with Crippen LogP contribution in [-0.2, 0) is 40.1 Å². The van der Waals surface area contributed by atoms with Crippen LogP contribution >= 0.6 is 15.9 Å². The van der Waals surface area contributed by atoms with Gasteiger partial charge in [-0.2, -0.15) is 0 Å². The molecule has 0 radical (unpaired) electrons. The number of nitrogens with zero attached hydrogens (tertiary/aromatic N) is 6. The quantitative estimate of drug-likeness (QED) is 0.220. The van der Waals surface area contributed by atoms with Gasteiger partial charge in [-0.15, -0.1) is 0 Å². The highest BCUT2D eigenvalue weighted by atomic mass is 79.9. The van der Waals surface area contributed by atoms with E-state index in [2.05, 4.69) is 30.6 Å². The van der Waals surface area contributed by atoms with E-state index in [9.17, 15) is 29.1 Å². The average molecular weight is 944 g/mol. The molecule has 3 aliphatic heterocycles. The van der Waals surface area contributed by atoms with Gasteiger partial charge in [0.05, 0.1) is 57.9 Å². The predicted molar refractivity (Wildman–Crippen MR) is 250 cm³/mol. The Kier molecular flexibility index (Phi) is 16.0. The van der Waals surface area contributed by atoms with Crippen molar-refractivity contribution in [2.75, 3.05) is 101 Å². The van der Waals surface area contributed by atoms with E-state index in [1.54, 1.807) is 83.4 Å². The zero-order valence-electron chi connectivity index (χ0n) is 37.1. The standard InChI is InChI=1S/C19H22N2O4.C18H20N2O4.C10H13BrN2O2/c1-13-4-5-14(19(23)24-3)10-16(13)15-11-17(20(2)18(22)12-15)21-6-8-25-9-7-21;1-12-3-4-13(18(22)23)9-15(12)14-10-16(19(2)17(21)11-14)20-5-7-24-8-6-20;1-12-9(6-8(11)7-10(12)14)13-2-4-15-5-3-13/h4-5,10-12H,6-9H2,1-3H3;3-4,9-11H,5-8H2,1-2H3,(H,22,23);6-7H,2-5H2,1H3. The minimum atomic E-state index is -0.978. The lowest BCUT2D eigenvalue weighted by atomic mass is 9.98. The van der Waals surface area contributed by atoms with E-state index >= 15 is 0 Å². The van der Waals surface area contributed by atoms with Crippen LogP contribution < -0.4 is 31.4 Å². The third kappa shape index (κ3) is 11.4. The Morgan fingerprint density at radius 3 is 1.30 bits per heavy atom. The van der Waals surface area contributed by atoms with E-state index in [0.717, 1.165) is 108 Å². The Labute approximate surface area is 379 Å². The number of anilines is 3. The van der Waals surface area contributed by atoms with Crippen molar-refractivity contribution in [2.24, 2.45) is 21.1 Å². The second-order valence-electron chi connectivity index (χ2n) is 15.6. The monoisotopic (exact) mass is 942 g/mol. The number of aromatic nitrogens is 3. The number of carbonyl (C=O) groups excluding carboxylic acids is 1. The maximum absolute atomic E-state index is 12.5. The van der Waals surface area contributed by atoms with Gasteiger partial charge in [0.1, 0.15) is 17.5 Å². The summed E-state index contributed by atoms with van der Waals surface area (Å²) in [7, 11) is 6.67. The van der Waals surface area contributed by atoms with Gasteiger partial charge >= 0.3 is 11.9 Å². The second kappa shape index (κ2) is 21.6. The molecular weight excluding hydrogens is 888 g/mol. The highest BCUT2D eigenvalue weighted by Crippen LogP contribution is 2.29. The Bertz CT molecular complexity index is 2660. The lowest BCUT2D eigenvalue weighted by molar-refractivity contribution is 0.0599. The number of carboxylic acid groups (broad SMARTS) is 1. The number of benzene rings is 2. The molecule has 0 unspecified atom stereocenters. The fourth-order valence-corrected chi connectivity index (χ4v) is 8.07. The molecule has 0 spiro atoms. The topological polar surface area (TPSA) is 167 Å². The zero-order valence-corrected chi connectivity index (χ0v) is 38.7. The van der Waals surface area contributed by atoms with Crippen LogP contribution in [-0.4, -0.2) is 117 Å². The number of rotatable bonds is 7. The first kappa shape index (κ1) is 47.5. The number of pyridine rings is 3. The number of hydrogen-bond acceptors (Lipinski definition) is 12. The molecule has 0 aliphatic carbocycles. The van der Waals surface area contributed by atoms with Crippen LogP contribution in [0.5, 0.6) is 0 Å². The summed E-state index contributed by atoms with van der Waals surface area (Å²) in [6.45, 7) is 12.5. The van der Waals surface area contributed by atoms with Crippen LogP contribution in [0, 0.1) is 13.8 Å². The van der Waals surface area contributed by atoms with Crippen molar-refractivity contribution in [3.63, 3.8) is 0 Å². The van der Waals surface area contributed by atoms with Gasteiger partial charge in [-0.3, -0.25) is 28.1 Å². The van der Waals surface area contributed by atoms with Crippen LogP contribution in [0.1, 0.15) is 31.8 Å². The van der Waals surface area contributed by atoms with Crippen molar-refractivity contribution in [3.05, 3.63) is 131 Å². The van der Waals surface area contributed by atoms with E-state index in [-0.39, 0.29) is 22.2 Å². The molecule has 3 fully saturated rings. The summed E-state index contributed by atoms with van der Waals surface area (Å²) in [4.78, 5) is 66.0. The number of ether oxygens (including phenoxy) is 4. The van der Waals surface area contributed by atoms with Crippen molar-refractivity contribution in [3.8, 4) is 22.3 Å². The lowest BCUT2D eigenvalue weighted by Gasteiger charge is -2.30. The van der Waals surface area contributed by atoms with Gasteiger partial charge in [0, 0.05) is 83.1 Å². The summed E-state index contributed by atoms with van der Waals surface area (Å²) < 4.78 is 26.6. The van der Waals surface area contributed by atoms with Gasteiger partial charge in [-0.05, 0) is 89.7 Å². The second-order valence-corrected chi connectivity index (χ2v) is 16.5. The summed E-state index contributed by atoms with van der Waals surface area (Å²) in [6, 6.07) is 21.0. The van der Waals surface area contributed by atoms with E-state index in [4.69, 9.17) is 18.9 Å². The molecule has 8 rings (SSSR count). The Morgan fingerprint density at radius 1 is 0.547 bits per heavy atom. The predicted octanol–water partition coefficient (Wildman–Crippen LogP) is 4.86. The molecule has 5 aromatic rings. The fraction of sp³-hybridized carbons (Fsp3) is 0.383. The number of carboxylic acids is 1. The minimum absolute atomic E-state index is 0.00543. The summed E-state index contributed by atoms with van der Waals surface area (Å²) in [6.07, 6.45) is 0. The van der Waals surface area contributed by atoms with Gasteiger partial charge in [0.25, 0.3) is 16.7 Å². The molecule has 0 amide bonds. The molecule has 0 saturated carbocycles. The minimum Gasteiger partial charge on any atom is -0.478 e. The molecule has 2 aromatic carbocycles. The zero-order chi connectivity index (χ0) is 46.1. The van der Waals surface area contributed by atoms with E-state index in [1.807, 2.05) is 38.1 Å². The molecule has 3 aliphatic rings. The molecule has 17 heteroatoms. The van der Waals surface area contributed by atoms with Gasteiger partial charge in [-0.1, -0.05) is 28.1 Å². The van der Waals surface area contributed by atoms with Crippen LogP contribution in [0.15, 0.2) is 91.7 Å². The van der Waals surface area contributed by atoms with Gasteiger partial charge in [-0.25, -0.2) is 9.59 Å². The first-order chi connectivity index (χ1) is 30.7. The number of aryl methyl sites for hydroxylation is 2. The Balaban J connectivity index is 0.000000164. The summed E-state index contributed by atoms with van der Waals surface area (Å²) >= 11 is 3.34. The number of carbonyl (C=O) groups is 2. The molecule has 1 N–H and O–H groups in total. The number of halogens is 1. The largest absolute Gasteiger partial charge is 0.478 e. The van der Waals surface area contributed by atoms with Gasteiger partial charge in [0.15, 0.2) is 0 Å². The molecule has 3 saturated heterocycles. The fourth-order valence-electron chi connectivity index (χ4n) is 7.67. The molecule has 340 valence electrons. The normalized spacial score (nSPS) is 15.1. The summed E-state index contributed by atoms with van der Waals surface area (Å²) in [5.41, 5.74) is 5.57. The van der Waals surface area contributed by atoms with E-state index in [0.29, 0.717) is 32.0 Å². The average Bonchev–Trinajstić information content (AvgIpc) is 3.30. The van der Waals surface area contributed by atoms with E-state index in [1.165, 1.54) is 7.11 Å². The third-order valence-corrected chi connectivity index (χ3v) is 11.9. The number of methoxy groups -OCH3 is 1. The number of hydrogen-bond donors (Lipinski definition) is 1. The smallest absolute Gasteiger partial charge is 0.337 e. The Hall–Kier alpha value is -6.01. The number of esters is 1. The SMILES string of the molecule is COC(=O)c1ccc(C)c(-c2cc(N3CCOCC3)n(C)c(=O)c2)c1.Cc1ccc(C(=O)O)cc1-c1cc(N2CCOCC2)n(C)c(=O)c1.Cn1c(N2CCOCC2)cc(Br)cc1=O. The first-order valence-electron chi connectivity index (χ1n) is 21.0. The lowest BCUT2D eigenvalue weighted by Crippen LogP contribution is -2.39. The molecule has 64 heavy (non-hydrogen) atoms. The molecular formula is C47H55BrN6O10. The molecule has 3 aromatic heterocycles. The summed E-state index contributed by atoms with van der Waals surface area (Å²) in [5, 5.41) is 9.22. The first-order valence-corrected chi connectivity index (χ1v) is 21.8. The molecule has 0 bridgehead atoms. The van der Waals surface area contributed by atoms with Crippen LogP contribution in [0.3, 0.4) is 0 Å². The molecule has 0 atom stereocenters. The number of aromatic carboxylic acids is 1. The van der Waals surface area contributed by atoms with Crippen LogP contribution in [0.2, 0.25) is 0 Å².